The summed E-state index contributed by atoms with van der Waals surface area (Å²) in [5, 5.41) is 0.274. The van der Waals surface area contributed by atoms with Crippen molar-refractivity contribution in [2.75, 3.05) is 23.9 Å². The molecule has 150 valence electrons. The van der Waals surface area contributed by atoms with Gasteiger partial charge in [-0.2, -0.15) is 0 Å². The Balaban J connectivity index is 1.96. The lowest BCUT2D eigenvalue weighted by Crippen LogP contribution is -2.33. The molecule has 0 atom stereocenters. The number of hydrogen-bond donors (Lipinski definition) is 0. The standard InChI is InChI=1S/C21H25ClN2O3S/c1-2-24(17-10-6-5-7-11-17)28(26,27)18-12-13-20(22)19(16-18)21(25)23-14-8-3-4-9-15-23/h5-7,10-13,16H,2-4,8-9,14-15H2,1H3. The molecule has 2 aromatic carbocycles. The molecule has 1 saturated heterocycles. The number of carbonyl (C=O) groups is 1. The molecule has 28 heavy (non-hydrogen) atoms. The Morgan fingerprint density at radius 3 is 2.29 bits per heavy atom. The predicted octanol–water partition coefficient (Wildman–Crippen LogP) is 4.57. The third kappa shape index (κ3) is 4.33. The van der Waals surface area contributed by atoms with Gasteiger partial charge in [-0.3, -0.25) is 9.10 Å². The number of nitrogens with zero attached hydrogens (tertiary/aromatic N) is 2. The molecule has 0 saturated carbocycles. The van der Waals surface area contributed by atoms with Gasteiger partial charge in [-0.05, 0) is 50.1 Å². The summed E-state index contributed by atoms with van der Waals surface area (Å²) in [6.45, 7) is 3.42. The summed E-state index contributed by atoms with van der Waals surface area (Å²) in [4.78, 5) is 14.8. The number of sulfonamides is 1. The van der Waals surface area contributed by atoms with Gasteiger partial charge in [0.25, 0.3) is 15.9 Å². The van der Waals surface area contributed by atoms with Crippen LogP contribution in [0.5, 0.6) is 0 Å². The fraction of sp³-hybridized carbons (Fsp3) is 0.381. The molecular formula is C21H25ClN2O3S. The summed E-state index contributed by atoms with van der Waals surface area (Å²) in [5.41, 5.74) is 0.828. The van der Waals surface area contributed by atoms with Crippen LogP contribution in [0.4, 0.5) is 5.69 Å². The predicted molar refractivity (Wildman–Crippen MR) is 112 cm³/mol. The zero-order valence-corrected chi connectivity index (χ0v) is 17.5. The molecule has 7 heteroatoms. The third-order valence-corrected chi connectivity index (χ3v) is 7.21. The Kier molecular flexibility index (Phi) is 6.62. The van der Waals surface area contributed by atoms with Gasteiger partial charge in [0.1, 0.15) is 0 Å². The molecule has 1 amide bonds. The molecule has 0 N–H and O–H groups in total. The minimum atomic E-state index is -3.81. The summed E-state index contributed by atoms with van der Waals surface area (Å²) in [7, 11) is -3.81. The minimum Gasteiger partial charge on any atom is -0.339 e. The van der Waals surface area contributed by atoms with Crippen LogP contribution in [0.1, 0.15) is 43.0 Å². The molecule has 1 heterocycles. The minimum absolute atomic E-state index is 0.0702. The Bertz CT molecular complexity index is 924. The van der Waals surface area contributed by atoms with Crippen LogP contribution in [0, 0.1) is 0 Å². The molecule has 0 radical (unpaired) electrons. The Morgan fingerprint density at radius 1 is 1.04 bits per heavy atom. The second kappa shape index (κ2) is 8.97. The highest BCUT2D eigenvalue weighted by atomic mass is 35.5. The van der Waals surface area contributed by atoms with E-state index in [9.17, 15) is 13.2 Å². The van der Waals surface area contributed by atoms with E-state index in [0.29, 0.717) is 18.8 Å². The fourth-order valence-corrected chi connectivity index (χ4v) is 5.18. The molecule has 5 nitrogen and oxygen atoms in total. The van der Waals surface area contributed by atoms with Crippen LogP contribution >= 0.6 is 11.6 Å². The van der Waals surface area contributed by atoms with Crippen molar-refractivity contribution in [3.8, 4) is 0 Å². The van der Waals surface area contributed by atoms with Crippen LogP contribution in [0.2, 0.25) is 5.02 Å². The number of halogens is 1. The van der Waals surface area contributed by atoms with Crippen LogP contribution in [0.3, 0.4) is 0 Å². The Morgan fingerprint density at radius 2 is 1.68 bits per heavy atom. The molecule has 2 aromatic rings. The number of likely N-dealkylation sites (tertiary alicyclic amines) is 1. The molecule has 3 rings (SSSR count). The van der Waals surface area contributed by atoms with Crippen molar-refractivity contribution in [1.82, 2.24) is 4.90 Å². The van der Waals surface area contributed by atoms with E-state index in [-0.39, 0.29) is 27.9 Å². The average Bonchev–Trinajstić information content (AvgIpc) is 2.98. The van der Waals surface area contributed by atoms with E-state index in [4.69, 9.17) is 11.6 Å². The zero-order chi connectivity index (χ0) is 20.1. The Labute approximate surface area is 172 Å². The SMILES string of the molecule is CCN(c1ccccc1)S(=O)(=O)c1ccc(Cl)c(C(=O)N2CCCCCC2)c1. The molecular weight excluding hydrogens is 396 g/mol. The highest BCUT2D eigenvalue weighted by molar-refractivity contribution is 7.92. The second-order valence-electron chi connectivity index (χ2n) is 6.85. The van der Waals surface area contributed by atoms with Crippen molar-refractivity contribution >= 4 is 33.2 Å². The molecule has 0 aliphatic carbocycles. The van der Waals surface area contributed by atoms with Crippen LogP contribution in [0.25, 0.3) is 0 Å². The van der Waals surface area contributed by atoms with Gasteiger partial charge in [-0.15, -0.1) is 0 Å². The first kappa shape index (κ1) is 20.7. The number of carbonyl (C=O) groups excluding carboxylic acids is 1. The number of rotatable bonds is 5. The lowest BCUT2D eigenvalue weighted by Gasteiger charge is -2.24. The summed E-state index contributed by atoms with van der Waals surface area (Å²) in [5.74, 6) is -0.202. The summed E-state index contributed by atoms with van der Waals surface area (Å²) in [6.07, 6.45) is 4.13. The van der Waals surface area contributed by atoms with Gasteiger partial charge in [-0.25, -0.2) is 8.42 Å². The number of benzene rings is 2. The smallest absolute Gasteiger partial charge is 0.264 e. The zero-order valence-electron chi connectivity index (χ0n) is 16.0. The van der Waals surface area contributed by atoms with E-state index in [2.05, 4.69) is 0 Å². The number of para-hydroxylation sites is 1. The lowest BCUT2D eigenvalue weighted by molar-refractivity contribution is 0.0761. The monoisotopic (exact) mass is 420 g/mol. The van der Waals surface area contributed by atoms with Crippen molar-refractivity contribution in [2.24, 2.45) is 0 Å². The second-order valence-corrected chi connectivity index (χ2v) is 9.12. The van der Waals surface area contributed by atoms with Gasteiger partial charge in [0.2, 0.25) is 0 Å². The van der Waals surface area contributed by atoms with Gasteiger partial charge in [-0.1, -0.05) is 42.6 Å². The maximum absolute atomic E-state index is 13.2. The highest BCUT2D eigenvalue weighted by Gasteiger charge is 2.27. The average molecular weight is 421 g/mol. The molecule has 1 fully saturated rings. The number of hydrogen-bond acceptors (Lipinski definition) is 3. The van der Waals surface area contributed by atoms with Gasteiger partial charge in [0.05, 0.1) is 21.2 Å². The quantitative estimate of drug-likeness (QED) is 0.711. The highest BCUT2D eigenvalue weighted by Crippen LogP contribution is 2.27. The van der Waals surface area contributed by atoms with Crippen molar-refractivity contribution in [2.45, 2.75) is 37.5 Å². The van der Waals surface area contributed by atoms with E-state index < -0.39 is 10.0 Å². The molecule has 0 spiro atoms. The number of amides is 1. The Hall–Kier alpha value is -2.05. The molecule has 1 aliphatic rings. The molecule has 1 aliphatic heterocycles. The van der Waals surface area contributed by atoms with Crippen molar-refractivity contribution < 1.29 is 13.2 Å². The maximum Gasteiger partial charge on any atom is 0.264 e. The number of anilines is 1. The first-order valence-electron chi connectivity index (χ1n) is 9.61. The van der Waals surface area contributed by atoms with E-state index >= 15 is 0 Å². The fourth-order valence-electron chi connectivity index (χ4n) is 3.49. The van der Waals surface area contributed by atoms with Crippen molar-refractivity contribution in [3.63, 3.8) is 0 Å². The van der Waals surface area contributed by atoms with Gasteiger partial charge in [0, 0.05) is 19.6 Å². The largest absolute Gasteiger partial charge is 0.339 e. The molecule has 0 unspecified atom stereocenters. The van der Waals surface area contributed by atoms with Gasteiger partial charge >= 0.3 is 0 Å². The molecule has 0 bridgehead atoms. The van der Waals surface area contributed by atoms with E-state index in [1.165, 1.54) is 22.5 Å². The maximum atomic E-state index is 13.2. The van der Waals surface area contributed by atoms with Crippen molar-refractivity contribution in [1.29, 1.82) is 0 Å². The first-order valence-corrected chi connectivity index (χ1v) is 11.4. The summed E-state index contributed by atoms with van der Waals surface area (Å²) < 4.78 is 27.8. The van der Waals surface area contributed by atoms with Crippen LogP contribution in [0.15, 0.2) is 53.4 Å². The van der Waals surface area contributed by atoms with Crippen LogP contribution in [-0.2, 0) is 10.0 Å². The van der Waals surface area contributed by atoms with E-state index in [1.807, 2.05) is 6.07 Å². The van der Waals surface area contributed by atoms with Crippen LogP contribution in [-0.4, -0.2) is 38.9 Å². The first-order chi connectivity index (χ1) is 13.4. The van der Waals surface area contributed by atoms with Crippen molar-refractivity contribution in [3.05, 3.63) is 59.1 Å². The van der Waals surface area contributed by atoms with Gasteiger partial charge < -0.3 is 4.90 Å². The van der Waals surface area contributed by atoms with Crippen LogP contribution < -0.4 is 4.31 Å². The molecule has 0 aromatic heterocycles. The van der Waals surface area contributed by atoms with E-state index in [0.717, 1.165) is 25.7 Å². The lowest BCUT2D eigenvalue weighted by atomic mass is 10.2. The van der Waals surface area contributed by atoms with Gasteiger partial charge in [0.15, 0.2) is 0 Å². The summed E-state index contributed by atoms with van der Waals surface area (Å²) >= 11 is 6.28. The normalized spacial score (nSPS) is 15.1. The summed E-state index contributed by atoms with van der Waals surface area (Å²) in [6, 6.07) is 13.3. The third-order valence-electron chi connectivity index (χ3n) is 4.98. The van der Waals surface area contributed by atoms with E-state index in [1.54, 1.807) is 36.1 Å². The topological polar surface area (TPSA) is 57.7 Å².